The van der Waals surface area contributed by atoms with E-state index >= 15 is 0 Å². The van der Waals surface area contributed by atoms with Gasteiger partial charge in [0, 0.05) is 122 Å². The summed E-state index contributed by atoms with van der Waals surface area (Å²) in [7, 11) is 0. The van der Waals surface area contributed by atoms with Crippen molar-refractivity contribution in [1.29, 1.82) is 21.0 Å². The molecule has 0 radical (unpaired) electrons. The molecular weight excluding hydrogens is 1780 g/mol. The van der Waals surface area contributed by atoms with Crippen LogP contribution in [0.1, 0.15) is 219 Å². The van der Waals surface area contributed by atoms with Gasteiger partial charge in [0.2, 0.25) is 35.2 Å². The van der Waals surface area contributed by atoms with Crippen molar-refractivity contribution in [2.24, 2.45) is 23.5 Å². The second-order valence-corrected chi connectivity index (χ2v) is 33.4. The van der Waals surface area contributed by atoms with Crippen LogP contribution in [0.5, 0.6) is 0 Å². The number of ketones is 2. The van der Waals surface area contributed by atoms with E-state index in [0.29, 0.717) is 202 Å². The van der Waals surface area contributed by atoms with Gasteiger partial charge in [0.15, 0.2) is 0 Å². The van der Waals surface area contributed by atoms with E-state index in [1.54, 1.807) is 76.2 Å². The predicted octanol–water partition coefficient (Wildman–Crippen LogP) is 13.0. The molecule has 12 rings (SSSR count). The first-order valence-electron chi connectivity index (χ1n) is 45.9. The maximum absolute atomic E-state index is 13.8. The van der Waals surface area contributed by atoms with Gasteiger partial charge in [0.05, 0.1) is 47.9 Å². The highest BCUT2D eigenvalue weighted by Crippen LogP contribution is 2.40. The molecule has 0 unspecified atom stereocenters. The Morgan fingerprint density at radius 2 is 0.706 bits per heavy atom. The molecule has 6 aromatic rings. The van der Waals surface area contributed by atoms with Gasteiger partial charge in [0.1, 0.15) is 71.2 Å². The molecule has 9 heterocycles. The van der Waals surface area contributed by atoms with Gasteiger partial charge in [-0.2, -0.15) is 79.7 Å². The van der Waals surface area contributed by atoms with Crippen molar-refractivity contribution in [2.75, 3.05) is 128 Å². The van der Waals surface area contributed by atoms with E-state index in [4.69, 9.17) is 46.0 Å². The number of benzene rings is 3. The first-order valence-corrected chi connectivity index (χ1v) is 45.9. The molecule has 32 nitrogen and oxygen atoms in total. The van der Waals surface area contributed by atoms with E-state index in [0.717, 1.165) is 113 Å². The first-order chi connectivity index (χ1) is 65.3. The SMILES string of the molecule is CCCC(=O)CCCC1CCN(c2cc(N3CC[C@H]3C(=O)NCCc3ccc(C#N)cc3)nc(C(F)(F)F)n2)CC1.CCCCCC(=O)CCCC1CCN(c2cc(N3CC[C@H]3C(=O)NCCc3ccc(C#N)cc3)nc(C(F)(F)F)n2)CC1.CCOC(=O)CCOC#N.N#Cc1ccc(CCNC(=O)[C@@H]2CCN2c2cc(N3CCC(CCN)CC3)nc(C(F)(F)F)n2)cc1.O=C=O.O=C=O. The third-order valence-corrected chi connectivity index (χ3v) is 24.0. The molecule has 3 amide bonds. The normalized spacial score (nSPS) is 16.4. The van der Waals surface area contributed by atoms with Crippen molar-refractivity contribution in [2.45, 2.75) is 224 Å². The zero-order valence-corrected chi connectivity index (χ0v) is 76.6. The minimum Gasteiger partial charge on any atom is -0.466 e. The Hall–Kier alpha value is -13.2. The van der Waals surface area contributed by atoms with Crippen LogP contribution in [0.3, 0.4) is 0 Å². The molecule has 6 saturated heterocycles. The van der Waals surface area contributed by atoms with E-state index in [-0.39, 0.29) is 83.9 Å². The largest absolute Gasteiger partial charge is 0.466 e. The number of halogens is 9. The van der Waals surface area contributed by atoms with Crippen molar-refractivity contribution < 1.29 is 96.9 Å². The van der Waals surface area contributed by atoms with Crippen molar-refractivity contribution in [3.8, 4) is 24.5 Å². The number of esters is 1. The fourth-order valence-corrected chi connectivity index (χ4v) is 16.2. The average Bonchev–Trinajstić information content (AvgIpc) is 0.781. The Morgan fingerprint density at radius 1 is 0.404 bits per heavy atom. The Kier molecular flexibility index (Phi) is 45.9. The number of aromatic nitrogens is 6. The molecule has 6 aliphatic heterocycles. The van der Waals surface area contributed by atoms with Gasteiger partial charge in [0.25, 0.3) is 6.26 Å². The lowest BCUT2D eigenvalue weighted by Gasteiger charge is -2.41. The van der Waals surface area contributed by atoms with Gasteiger partial charge in [-0.25, -0.2) is 29.9 Å². The number of nitrogens with one attached hydrogen (secondary N) is 3. The standard InChI is InChI=1S/C32H41F3N6O2.C30H37F3N6O2.C25H30F3N7O.C6H9NO3.2CO2/c1-2-3-4-7-26(42)8-5-6-23-14-18-40(19-15-23)28-21-29(39-31(38-28)32(33,34)35)41-20-16-27(41)30(43)37-17-13-24-9-11-25(22-36)12-10-24;1-2-4-24(40)6-3-5-21-12-16-38(17-13-21)26-19-27(37-29(36-26)30(31,32)33)39-18-14-25(39)28(41)35-15-11-22-7-9-23(20-34)10-8-22;26-25(27,28)24-32-21(34-12-7-18(5-10-29)8-13-34)15-22(33-24)35-14-9-20(35)23(36)31-11-6-17-1-3-19(16-30)4-2-17;1-2-10-6(8)3-4-9-5-7;2*2-1-3/h9-12,21,23,27H,2-8,13-20H2,1H3,(H,37,43);7-10,19,21,25H,2-6,11-18H2,1H3,(H,35,41);1-4,15,18,20H,5-14,29H2,(H,31,36);2-4H2,1H3;;/t27-;25-;20-;;;/m000.../s1. The van der Waals surface area contributed by atoms with Crippen LogP contribution in [0.4, 0.5) is 74.4 Å². The summed E-state index contributed by atoms with van der Waals surface area (Å²) in [5.74, 6) is -1.66. The maximum Gasteiger partial charge on any atom is 0.451 e. The number of Topliss-reactive ketones (excluding diaryl/α,β-unsaturated/α-hetero) is 2. The number of amides is 3. The number of ether oxygens (including phenoxy) is 2. The van der Waals surface area contributed by atoms with Crippen LogP contribution in [0.15, 0.2) is 91.0 Å². The Morgan fingerprint density at radius 3 is 0.971 bits per heavy atom. The quantitative estimate of drug-likeness (QED) is 0.0121. The van der Waals surface area contributed by atoms with Gasteiger partial charge in [-0.1, -0.05) is 63.1 Å². The van der Waals surface area contributed by atoms with Gasteiger partial charge < -0.3 is 60.6 Å². The number of rotatable bonds is 38. The number of carbonyl (C=O) groups excluding carboxylic acids is 10. The van der Waals surface area contributed by atoms with Crippen LogP contribution in [-0.4, -0.2) is 194 Å². The number of unbranched alkanes of at least 4 members (excludes halogenated alkanes) is 2. The summed E-state index contributed by atoms with van der Waals surface area (Å²) in [5, 5.41) is 43.2. The van der Waals surface area contributed by atoms with Crippen molar-refractivity contribution in [3.63, 3.8) is 0 Å². The fraction of sp³-hybridized carbons (Fsp3) is 0.558. The molecule has 6 aliphatic rings. The van der Waals surface area contributed by atoms with Crippen molar-refractivity contribution in [1.82, 2.24) is 45.9 Å². The Balaban J connectivity index is 0.000000257. The summed E-state index contributed by atoms with van der Waals surface area (Å²) in [6.45, 7) is 12.9. The van der Waals surface area contributed by atoms with Crippen LogP contribution < -0.4 is 51.1 Å². The van der Waals surface area contributed by atoms with Crippen molar-refractivity contribution in [3.05, 3.63) is 142 Å². The third kappa shape index (κ3) is 36.2. The topological polar surface area (TPSA) is 443 Å². The molecule has 0 saturated carbocycles. The molecule has 5 N–H and O–H groups in total. The van der Waals surface area contributed by atoms with E-state index < -0.39 is 54.1 Å². The van der Waals surface area contributed by atoms with Gasteiger partial charge in [-0.05, 0) is 206 Å². The summed E-state index contributed by atoms with van der Waals surface area (Å²) in [6.07, 6.45) is 7.32. The summed E-state index contributed by atoms with van der Waals surface area (Å²) < 4.78 is 132. The average molecular weight is 1900 g/mol. The molecule has 41 heteroatoms. The molecule has 6 fully saturated rings. The zero-order chi connectivity index (χ0) is 99.2. The molecule has 0 aliphatic carbocycles. The minimum atomic E-state index is -4.71. The Bertz CT molecular complexity index is 5040. The third-order valence-electron chi connectivity index (χ3n) is 24.0. The fourth-order valence-electron chi connectivity index (χ4n) is 16.2. The second-order valence-electron chi connectivity index (χ2n) is 33.4. The molecular formula is C95H117F9N20O12. The number of piperidine rings is 3. The molecule has 732 valence electrons. The zero-order valence-electron chi connectivity index (χ0n) is 76.6. The summed E-state index contributed by atoms with van der Waals surface area (Å²) in [4.78, 5) is 139. The van der Waals surface area contributed by atoms with Crippen LogP contribution in [0.2, 0.25) is 0 Å². The molecule has 3 aromatic carbocycles. The first kappa shape index (κ1) is 110. The Labute approximate surface area is 784 Å². The molecule has 136 heavy (non-hydrogen) atoms. The van der Waals surface area contributed by atoms with Crippen LogP contribution in [0.25, 0.3) is 0 Å². The minimum absolute atomic E-state index is 0.106. The number of nitrogens with two attached hydrogens (primary N) is 1. The predicted molar refractivity (Wildman–Crippen MR) is 480 cm³/mol. The number of carbonyl (C=O) groups is 6. The number of hydrogen-bond acceptors (Lipinski definition) is 29. The number of nitriles is 4. The smallest absolute Gasteiger partial charge is 0.451 e. The van der Waals surface area contributed by atoms with E-state index in [2.05, 4.69) is 80.5 Å². The van der Waals surface area contributed by atoms with Gasteiger partial charge in [-0.3, -0.25) is 28.8 Å². The highest BCUT2D eigenvalue weighted by molar-refractivity contribution is 5.88. The number of anilines is 6. The highest BCUT2D eigenvalue weighted by atomic mass is 19.4. The molecule has 3 atom stereocenters. The van der Waals surface area contributed by atoms with E-state index in [9.17, 15) is 68.3 Å². The monoisotopic (exact) mass is 1900 g/mol. The molecule has 0 bridgehead atoms. The van der Waals surface area contributed by atoms with Crippen LogP contribution >= 0.6 is 0 Å². The lowest BCUT2D eigenvalue weighted by molar-refractivity contribution is -0.193. The van der Waals surface area contributed by atoms with Gasteiger partial charge in [-0.15, -0.1) is 0 Å². The lowest BCUT2D eigenvalue weighted by atomic mass is 9.91. The van der Waals surface area contributed by atoms with E-state index in [1.165, 1.54) is 6.26 Å². The highest BCUT2D eigenvalue weighted by Gasteiger charge is 2.44. The number of alkyl halides is 9. The lowest BCUT2D eigenvalue weighted by Crippen LogP contribution is -2.57. The van der Waals surface area contributed by atoms with Gasteiger partial charge >= 0.3 is 36.8 Å². The maximum atomic E-state index is 13.8. The number of hydrogen-bond donors (Lipinski definition) is 4. The summed E-state index contributed by atoms with van der Waals surface area (Å²) in [5.41, 5.74) is 10.3. The summed E-state index contributed by atoms with van der Waals surface area (Å²) >= 11 is 0. The van der Waals surface area contributed by atoms with E-state index in [1.807, 2.05) is 58.0 Å². The molecule has 0 spiro atoms. The number of nitrogens with zero attached hydrogens (tertiary/aromatic N) is 16. The van der Waals surface area contributed by atoms with Crippen molar-refractivity contribution >= 4 is 82.5 Å². The van der Waals surface area contributed by atoms with Crippen LogP contribution in [0, 0.1) is 63.3 Å². The summed E-state index contributed by atoms with van der Waals surface area (Å²) in [6, 6.07) is 30.4. The molecule has 3 aromatic heterocycles. The van der Waals surface area contributed by atoms with Crippen LogP contribution in [-0.2, 0) is 95.2 Å². The second kappa shape index (κ2) is 56.8.